The number of amides is 2. The lowest BCUT2D eigenvalue weighted by molar-refractivity contribution is -0.0874. The van der Waals surface area contributed by atoms with Crippen molar-refractivity contribution in [3.63, 3.8) is 0 Å². The maximum absolute atomic E-state index is 12.3. The average molecular weight is 270 g/mol. The number of nitrogens with one attached hydrogen (secondary N) is 1. The minimum Gasteiger partial charge on any atom is -0.381 e. The number of rotatable bonds is 2. The van der Waals surface area contributed by atoms with Gasteiger partial charge < -0.3 is 19.7 Å². The van der Waals surface area contributed by atoms with Crippen LogP contribution >= 0.6 is 0 Å². The highest BCUT2D eigenvalue weighted by molar-refractivity contribution is 5.74. The van der Waals surface area contributed by atoms with Gasteiger partial charge >= 0.3 is 6.03 Å². The Morgan fingerprint density at radius 3 is 3.00 bits per heavy atom. The summed E-state index contributed by atoms with van der Waals surface area (Å²) in [5.74, 6) is 0. The first-order valence-corrected chi connectivity index (χ1v) is 7.40. The minimum atomic E-state index is -0.192. The van der Waals surface area contributed by atoms with E-state index in [2.05, 4.69) is 19.2 Å². The third-order valence-electron chi connectivity index (χ3n) is 4.15. The molecule has 0 saturated carbocycles. The normalized spacial score (nSPS) is 32.7. The summed E-state index contributed by atoms with van der Waals surface area (Å²) in [5.41, 5.74) is -0.192. The van der Waals surface area contributed by atoms with E-state index in [0.717, 1.165) is 38.9 Å². The van der Waals surface area contributed by atoms with Crippen molar-refractivity contribution in [1.29, 1.82) is 0 Å². The summed E-state index contributed by atoms with van der Waals surface area (Å²) >= 11 is 0. The molecular weight excluding hydrogens is 244 g/mol. The molecule has 2 rings (SSSR count). The average Bonchev–Trinajstić information content (AvgIpc) is 2.67. The molecule has 2 atom stereocenters. The van der Waals surface area contributed by atoms with Crippen molar-refractivity contribution >= 4 is 6.03 Å². The smallest absolute Gasteiger partial charge is 0.317 e. The molecule has 5 heteroatoms. The fraction of sp³-hybridized carbons (Fsp3) is 0.929. The van der Waals surface area contributed by atoms with Crippen LogP contribution in [0.5, 0.6) is 0 Å². The number of urea groups is 1. The van der Waals surface area contributed by atoms with Crippen LogP contribution in [0.4, 0.5) is 4.79 Å². The number of hydrogen-bond donors (Lipinski definition) is 1. The maximum atomic E-state index is 12.3. The Morgan fingerprint density at radius 1 is 1.37 bits per heavy atom. The molecule has 0 aliphatic carbocycles. The lowest BCUT2D eigenvalue weighted by Crippen LogP contribution is -2.55. The van der Waals surface area contributed by atoms with Gasteiger partial charge in [-0.25, -0.2) is 4.79 Å². The van der Waals surface area contributed by atoms with Crippen LogP contribution in [0.3, 0.4) is 0 Å². The Hall–Kier alpha value is -0.810. The molecule has 2 saturated heterocycles. The Kier molecular flexibility index (Phi) is 5.05. The number of morpholine rings is 1. The Balaban J connectivity index is 1.84. The molecule has 5 nitrogen and oxygen atoms in total. The van der Waals surface area contributed by atoms with Crippen molar-refractivity contribution in [3.05, 3.63) is 0 Å². The predicted octanol–water partition coefficient (Wildman–Crippen LogP) is 1.77. The molecular formula is C14H26N2O3. The molecule has 0 aromatic carbocycles. The second kappa shape index (κ2) is 6.57. The van der Waals surface area contributed by atoms with Gasteiger partial charge in [-0.05, 0) is 32.6 Å². The molecule has 2 amide bonds. The first-order valence-electron chi connectivity index (χ1n) is 7.40. The fourth-order valence-corrected chi connectivity index (χ4v) is 2.63. The Bertz CT molecular complexity index is 303. The number of nitrogens with zero attached hydrogens (tertiary/aromatic N) is 1. The predicted molar refractivity (Wildman–Crippen MR) is 73.2 cm³/mol. The van der Waals surface area contributed by atoms with Gasteiger partial charge in [0, 0.05) is 25.8 Å². The van der Waals surface area contributed by atoms with E-state index in [1.54, 1.807) is 0 Å². The summed E-state index contributed by atoms with van der Waals surface area (Å²) in [6.45, 7) is 7.74. The van der Waals surface area contributed by atoms with Gasteiger partial charge in [0.05, 0.1) is 18.8 Å². The van der Waals surface area contributed by atoms with Crippen molar-refractivity contribution in [1.82, 2.24) is 10.2 Å². The molecule has 2 aliphatic rings. The summed E-state index contributed by atoms with van der Waals surface area (Å²) in [7, 11) is 0. The summed E-state index contributed by atoms with van der Waals surface area (Å²) in [4.78, 5) is 14.2. The van der Waals surface area contributed by atoms with Crippen LogP contribution in [-0.2, 0) is 9.47 Å². The van der Waals surface area contributed by atoms with E-state index in [1.807, 2.05) is 4.90 Å². The molecule has 0 radical (unpaired) electrons. The van der Waals surface area contributed by atoms with E-state index < -0.39 is 0 Å². The third kappa shape index (κ3) is 4.08. The standard InChI is InChI=1S/C14H26N2O3/c1-3-14(2)11-16(7-10-19-14)13(17)15-12-5-4-8-18-9-6-12/h12H,3-11H2,1-2H3,(H,15,17)/t12-,14+/m0/s1. The summed E-state index contributed by atoms with van der Waals surface area (Å²) < 4.78 is 11.2. The van der Waals surface area contributed by atoms with Crippen LogP contribution < -0.4 is 5.32 Å². The SMILES string of the molecule is CC[C@]1(C)CN(C(=O)N[C@H]2CCCOCC2)CCO1. The van der Waals surface area contributed by atoms with Crippen LogP contribution in [0, 0.1) is 0 Å². The summed E-state index contributed by atoms with van der Waals surface area (Å²) in [5, 5.41) is 3.14. The quantitative estimate of drug-likeness (QED) is 0.832. The van der Waals surface area contributed by atoms with E-state index in [9.17, 15) is 4.79 Å². The topological polar surface area (TPSA) is 50.8 Å². The van der Waals surface area contributed by atoms with Crippen LogP contribution in [-0.4, -0.2) is 55.5 Å². The highest BCUT2D eigenvalue weighted by atomic mass is 16.5. The molecule has 2 heterocycles. The van der Waals surface area contributed by atoms with Crippen molar-refractivity contribution in [2.24, 2.45) is 0 Å². The first-order chi connectivity index (χ1) is 9.13. The zero-order chi connectivity index (χ0) is 13.7. The van der Waals surface area contributed by atoms with Crippen molar-refractivity contribution < 1.29 is 14.3 Å². The van der Waals surface area contributed by atoms with E-state index in [0.29, 0.717) is 19.7 Å². The van der Waals surface area contributed by atoms with E-state index in [4.69, 9.17) is 9.47 Å². The van der Waals surface area contributed by atoms with Gasteiger partial charge in [0.15, 0.2) is 0 Å². The van der Waals surface area contributed by atoms with Crippen molar-refractivity contribution in [3.8, 4) is 0 Å². The second-order valence-corrected chi connectivity index (χ2v) is 5.76. The molecule has 2 fully saturated rings. The number of carbonyl (C=O) groups is 1. The van der Waals surface area contributed by atoms with Gasteiger partial charge in [0.2, 0.25) is 0 Å². The molecule has 0 spiro atoms. The van der Waals surface area contributed by atoms with Gasteiger partial charge in [0.1, 0.15) is 0 Å². The molecule has 0 unspecified atom stereocenters. The van der Waals surface area contributed by atoms with Crippen LogP contribution in [0.15, 0.2) is 0 Å². The van der Waals surface area contributed by atoms with Crippen molar-refractivity contribution in [2.75, 3.05) is 32.9 Å². The molecule has 110 valence electrons. The van der Waals surface area contributed by atoms with Crippen LogP contribution in [0.25, 0.3) is 0 Å². The Morgan fingerprint density at radius 2 is 2.21 bits per heavy atom. The van der Waals surface area contributed by atoms with E-state index in [-0.39, 0.29) is 17.7 Å². The highest BCUT2D eigenvalue weighted by Crippen LogP contribution is 2.21. The summed E-state index contributed by atoms with van der Waals surface area (Å²) in [6.07, 6.45) is 3.89. The lowest BCUT2D eigenvalue weighted by atomic mass is 10.0. The Labute approximate surface area is 115 Å². The minimum absolute atomic E-state index is 0.0508. The zero-order valence-electron chi connectivity index (χ0n) is 12.1. The molecule has 0 bridgehead atoms. The molecule has 0 aromatic rings. The highest BCUT2D eigenvalue weighted by Gasteiger charge is 2.33. The lowest BCUT2D eigenvalue weighted by Gasteiger charge is -2.40. The van der Waals surface area contributed by atoms with E-state index >= 15 is 0 Å². The molecule has 0 aromatic heterocycles. The number of hydrogen-bond acceptors (Lipinski definition) is 3. The summed E-state index contributed by atoms with van der Waals surface area (Å²) in [6, 6.07) is 0.306. The van der Waals surface area contributed by atoms with Crippen LogP contribution in [0.2, 0.25) is 0 Å². The van der Waals surface area contributed by atoms with Gasteiger partial charge in [0.25, 0.3) is 0 Å². The van der Waals surface area contributed by atoms with Gasteiger partial charge in [-0.1, -0.05) is 6.92 Å². The van der Waals surface area contributed by atoms with Gasteiger partial charge in [-0.15, -0.1) is 0 Å². The fourth-order valence-electron chi connectivity index (χ4n) is 2.63. The zero-order valence-corrected chi connectivity index (χ0v) is 12.1. The number of ether oxygens (including phenoxy) is 2. The van der Waals surface area contributed by atoms with Crippen LogP contribution in [0.1, 0.15) is 39.5 Å². The first kappa shape index (κ1) is 14.6. The third-order valence-corrected chi connectivity index (χ3v) is 4.15. The van der Waals surface area contributed by atoms with E-state index in [1.165, 1.54) is 0 Å². The van der Waals surface area contributed by atoms with Crippen molar-refractivity contribution in [2.45, 2.75) is 51.2 Å². The molecule has 19 heavy (non-hydrogen) atoms. The largest absolute Gasteiger partial charge is 0.381 e. The molecule has 1 N–H and O–H groups in total. The van der Waals surface area contributed by atoms with Gasteiger partial charge in [-0.2, -0.15) is 0 Å². The number of carbonyl (C=O) groups excluding carboxylic acids is 1. The maximum Gasteiger partial charge on any atom is 0.317 e. The monoisotopic (exact) mass is 270 g/mol. The second-order valence-electron chi connectivity index (χ2n) is 5.76. The molecule has 2 aliphatic heterocycles. The van der Waals surface area contributed by atoms with Gasteiger partial charge in [-0.3, -0.25) is 0 Å².